The molecule has 0 fully saturated rings. The predicted molar refractivity (Wildman–Crippen MR) is 110 cm³/mol. The summed E-state index contributed by atoms with van der Waals surface area (Å²) in [5, 5.41) is 19.2. The van der Waals surface area contributed by atoms with E-state index in [1.807, 2.05) is 0 Å². The number of aliphatic hydroxyl groups excluding tert-OH is 2. The molecule has 0 amide bonds. The van der Waals surface area contributed by atoms with Crippen molar-refractivity contribution >= 4 is 5.97 Å². The standard InChI is InChI=1S/C22H44O5/c1-3-5-6-7-8-9-10-11-12-13-14-15-16-17-18-26-19-20(23)21(24)22(25)27-4-2/h20-21,23-24H,3-19H2,1-2H3/t20-,21+/m1/s1. The molecule has 0 bridgehead atoms. The number of rotatable bonds is 20. The molecule has 27 heavy (non-hydrogen) atoms. The number of hydrogen-bond donors (Lipinski definition) is 2. The minimum absolute atomic E-state index is 0.0432. The summed E-state index contributed by atoms with van der Waals surface area (Å²) in [4.78, 5) is 11.3. The molecule has 0 radical (unpaired) electrons. The highest BCUT2D eigenvalue weighted by Crippen LogP contribution is 2.13. The van der Waals surface area contributed by atoms with Gasteiger partial charge in [0.1, 0.15) is 6.10 Å². The fourth-order valence-electron chi connectivity index (χ4n) is 3.08. The van der Waals surface area contributed by atoms with Crippen LogP contribution >= 0.6 is 0 Å². The Morgan fingerprint density at radius 3 is 1.63 bits per heavy atom. The van der Waals surface area contributed by atoms with Gasteiger partial charge in [0.2, 0.25) is 0 Å². The Hall–Kier alpha value is -0.650. The maximum Gasteiger partial charge on any atom is 0.337 e. The molecule has 0 aromatic carbocycles. The highest BCUT2D eigenvalue weighted by atomic mass is 16.6. The van der Waals surface area contributed by atoms with Gasteiger partial charge >= 0.3 is 5.97 Å². The molecule has 0 unspecified atom stereocenters. The van der Waals surface area contributed by atoms with Gasteiger partial charge in [-0.15, -0.1) is 0 Å². The van der Waals surface area contributed by atoms with E-state index in [1.165, 1.54) is 77.0 Å². The van der Waals surface area contributed by atoms with E-state index in [4.69, 9.17) is 4.74 Å². The Kier molecular flexibility index (Phi) is 19.6. The fourth-order valence-corrected chi connectivity index (χ4v) is 3.08. The van der Waals surface area contributed by atoms with Crippen molar-refractivity contribution in [1.82, 2.24) is 0 Å². The van der Waals surface area contributed by atoms with E-state index in [0.717, 1.165) is 12.8 Å². The summed E-state index contributed by atoms with van der Waals surface area (Å²) >= 11 is 0. The molecule has 0 aliphatic carbocycles. The lowest BCUT2D eigenvalue weighted by Gasteiger charge is -2.16. The molecule has 0 aromatic heterocycles. The quantitative estimate of drug-likeness (QED) is 0.232. The van der Waals surface area contributed by atoms with Crippen LogP contribution in [0, 0.1) is 0 Å². The number of carbonyl (C=O) groups excluding carboxylic acids is 1. The normalized spacial score (nSPS) is 13.5. The van der Waals surface area contributed by atoms with Gasteiger partial charge in [0, 0.05) is 6.61 Å². The molecule has 162 valence electrons. The summed E-state index contributed by atoms with van der Waals surface area (Å²) in [7, 11) is 0. The van der Waals surface area contributed by atoms with Crippen molar-refractivity contribution < 1.29 is 24.5 Å². The van der Waals surface area contributed by atoms with Gasteiger partial charge in [0.05, 0.1) is 13.2 Å². The van der Waals surface area contributed by atoms with E-state index in [1.54, 1.807) is 6.92 Å². The van der Waals surface area contributed by atoms with Crippen LogP contribution in [0.5, 0.6) is 0 Å². The van der Waals surface area contributed by atoms with Gasteiger partial charge < -0.3 is 19.7 Å². The Bertz CT molecular complexity index is 322. The fraction of sp³-hybridized carbons (Fsp3) is 0.955. The highest BCUT2D eigenvalue weighted by Gasteiger charge is 2.25. The van der Waals surface area contributed by atoms with E-state index in [2.05, 4.69) is 11.7 Å². The maximum atomic E-state index is 11.3. The summed E-state index contributed by atoms with van der Waals surface area (Å²) in [5.74, 6) is -0.801. The first-order chi connectivity index (χ1) is 13.1. The van der Waals surface area contributed by atoms with E-state index in [0.29, 0.717) is 6.61 Å². The number of hydrogen-bond acceptors (Lipinski definition) is 5. The Morgan fingerprint density at radius 2 is 1.19 bits per heavy atom. The molecule has 0 saturated heterocycles. The van der Waals surface area contributed by atoms with Crippen LogP contribution in [0.4, 0.5) is 0 Å². The van der Waals surface area contributed by atoms with Crippen LogP contribution in [0.3, 0.4) is 0 Å². The minimum Gasteiger partial charge on any atom is -0.464 e. The van der Waals surface area contributed by atoms with Gasteiger partial charge in [0.15, 0.2) is 6.10 Å². The van der Waals surface area contributed by atoms with Crippen LogP contribution < -0.4 is 0 Å². The number of unbranched alkanes of at least 4 members (excludes halogenated alkanes) is 13. The topological polar surface area (TPSA) is 76.0 Å². The van der Waals surface area contributed by atoms with Gasteiger partial charge in [-0.25, -0.2) is 4.79 Å². The van der Waals surface area contributed by atoms with Gasteiger partial charge in [-0.1, -0.05) is 90.4 Å². The number of aliphatic hydroxyl groups is 2. The largest absolute Gasteiger partial charge is 0.464 e. The first-order valence-corrected chi connectivity index (χ1v) is 11.2. The summed E-state index contributed by atoms with van der Waals surface area (Å²) in [5.41, 5.74) is 0. The zero-order valence-corrected chi connectivity index (χ0v) is 17.8. The van der Waals surface area contributed by atoms with Crippen molar-refractivity contribution in [3.05, 3.63) is 0 Å². The Morgan fingerprint density at radius 1 is 0.741 bits per heavy atom. The van der Waals surface area contributed by atoms with Crippen molar-refractivity contribution in [3.63, 3.8) is 0 Å². The second-order valence-electron chi connectivity index (χ2n) is 7.44. The first-order valence-electron chi connectivity index (χ1n) is 11.2. The van der Waals surface area contributed by atoms with Crippen LogP contribution in [0.2, 0.25) is 0 Å². The highest BCUT2D eigenvalue weighted by molar-refractivity contribution is 5.75. The zero-order chi connectivity index (χ0) is 20.2. The van der Waals surface area contributed by atoms with Crippen LogP contribution in [0.25, 0.3) is 0 Å². The lowest BCUT2D eigenvalue weighted by Crippen LogP contribution is -2.38. The maximum absolute atomic E-state index is 11.3. The molecule has 2 N–H and O–H groups in total. The average Bonchev–Trinajstić information content (AvgIpc) is 2.67. The Balaban J connectivity index is 3.26. The van der Waals surface area contributed by atoms with E-state index >= 15 is 0 Å². The molecule has 0 aliphatic heterocycles. The van der Waals surface area contributed by atoms with E-state index in [9.17, 15) is 15.0 Å². The average molecular weight is 389 g/mol. The van der Waals surface area contributed by atoms with Crippen molar-refractivity contribution in [2.24, 2.45) is 0 Å². The summed E-state index contributed by atoms with van der Waals surface area (Å²) in [6, 6.07) is 0. The molecule has 2 atom stereocenters. The molecule has 5 heteroatoms. The second-order valence-corrected chi connectivity index (χ2v) is 7.44. The van der Waals surface area contributed by atoms with Crippen molar-refractivity contribution in [1.29, 1.82) is 0 Å². The van der Waals surface area contributed by atoms with Crippen molar-refractivity contribution in [3.8, 4) is 0 Å². The SMILES string of the molecule is CCCCCCCCCCCCCCCCOC[C@@H](O)[C@H](O)C(=O)OCC. The molecule has 0 spiro atoms. The van der Waals surface area contributed by atoms with Crippen LogP contribution in [-0.4, -0.2) is 48.2 Å². The van der Waals surface area contributed by atoms with Crippen LogP contribution in [0.15, 0.2) is 0 Å². The molecule has 0 heterocycles. The molecular weight excluding hydrogens is 344 g/mol. The predicted octanol–water partition coefficient (Wildman–Crippen LogP) is 4.77. The summed E-state index contributed by atoms with van der Waals surface area (Å²) in [6.07, 6.45) is 15.6. The molecule has 0 aromatic rings. The third-order valence-corrected chi connectivity index (χ3v) is 4.82. The third-order valence-electron chi connectivity index (χ3n) is 4.82. The lowest BCUT2D eigenvalue weighted by atomic mass is 10.0. The van der Waals surface area contributed by atoms with Crippen molar-refractivity contribution in [2.75, 3.05) is 19.8 Å². The van der Waals surface area contributed by atoms with Gasteiger partial charge in [-0.2, -0.15) is 0 Å². The third kappa shape index (κ3) is 17.2. The van der Waals surface area contributed by atoms with E-state index in [-0.39, 0.29) is 13.2 Å². The van der Waals surface area contributed by atoms with E-state index < -0.39 is 18.2 Å². The molecule has 0 aliphatic rings. The molecule has 5 nitrogen and oxygen atoms in total. The smallest absolute Gasteiger partial charge is 0.337 e. The first kappa shape index (κ1) is 26.4. The number of carbonyl (C=O) groups is 1. The monoisotopic (exact) mass is 388 g/mol. The molecule has 0 rings (SSSR count). The zero-order valence-electron chi connectivity index (χ0n) is 17.8. The number of esters is 1. The Labute approximate surface area is 166 Å². The van der Waals surface area contributed by atoms with Gasteiger partial charge in [0.25, 0.3) is 0 Å². The van der Waals surface area contributed by atoms with Gasteiger partial charge in [-0.3, -0.25) is 0 Å². The van der Waals surface area contributed by atoms with Gasteiger partial charge in [-0.05, 0) is 13.3 Å². The van der Waals surface area contributed by atoms with Crippen LogP contribution in [-0.2, 0) is 14.3 Å². The lowest BCUT2D eigenvalue weighted by molar-refractivity contribution is -0.161. The van der Waals surface area contributed by atoms with Crippen LogP contribution in [0.1, 0.15) is 104 Å². The molecule has 0 saturated carbocycles. The number of ether oxygens (including phenoxy) is 2. The minimum atomic E-state index is -1.53. The second kappa shape index (κ2) is 20.1. The summed E-state index contributed by atoms with van der Waals surface area (Å²) in [6.45, 7) is 4.60. The van der Waals surface area contributed by atoms with Crippen molar-refractivity contribution in [2.45, 2.75) is 116 Å². The molecular formula is C22H44O5. The summed E-state index contributed by atoms with van der Waals surface area (Å²) < 4.78 is 9.99.